The van der Waals surface area contributed by atoms with E-state index in [1.54, 1.807) is 6.07 Å². The molecule has 0 fully saturated rings. The van der Waals surface area contributed by atoms with E-state index in [9.17, 15) is 18.0 Å². The Kier molecular flexibility index (Phi) is 6.04. The zero-order valence-corrected chi connectivity index (χ0v) is 18.0. The van der Waals surface area contributed by atoms with Crippen LogP contribution in [0.1, 0.15) is 35.6 Å². The molecule has 1 amide bonds. The number of methoxy groups -OCH3 is 2. The minimum Gasteiger partial charge on any atom is -0.493 e. The standard InChI is InChI=1S/C24H25F3N2O3/c1-31-21-12-15-6-5-11-29(23(30)24(25,26)27)20(18(15)13-22(21)32-2)10-9-16-14-28-19-8-4-3-7-17(16)19/h3-4,7-8,12-14,20,28H,5-6,9-11H2,1-2H3. The van der Waals surface area contributed by atoms with Gasteiger partial charge < -0.3 is 19.4 Å². The number of aromatic amines is 1. The Bertz CT molecular complexity index is 1120. The van der Waals surface area contributed by atoms with Crippen molar-refractivity contribution in [1.82, 2.24) is 9.88 Å². The molecule has 1 atom stereocenters. The average Bonchev–Trinajstić information content (AvgIpc) is 3.11. The van der Waals surface area contributed by atoms with E-state index in [0.717, 1.165) is 26.9 Å². The highest BCUT2D eigenvalue weighted by molar-refractivity contribution is 5.83. The molecule has 0 bridgehead atoms. The Morgan fingerprint density at radius 1 is 1.16 bits per heavy atom. The van der Waals surface area contributed by atoms with Crippen molar-refractivity contribution in [2.24, 2.45) is 0 Å². The van der Waals surface area contributed by atoms with Crippen molar-refractivity contribution in [1.29, 1.82) is 0 Å². The Balaban J connectivity index is 1.75. The Morgan fingerprint density at radius 2 is 1.88 bits per heavy atom. The number of rotatable bonds is 5. The molecule has 2 heterocycles. The SMILES string of the molecule is COc1cc2c(cc1OC)C(CCc1c[nH]c3ccccc13)N(C(=O)C(F)(F)F)CCC2. The number of carbonyl (C=O) groups excluding carboxylic acids is 1. The second kappa shape index (κ2) is 8.76. The molecule has 170 valence electrons. The van der Waals surface area contributed by atoms with Crippen LogP contribution in [0.2, 0.25) is 0 Å². The summed E-state index contributed by atoms with van der Waals surface area (Å²) in [6, 6.07) is 10.6. The number of fused-ring (bicyclic) bond motifs is 2. The van der Waals surface area contributed by atoms with Crippen LogP contribution in [0.4, 0.5) is 13.2 Å². The largest absolute Gasteiger partial charge is 0.493 e. The molecule has 1 aliphatic rings. The zero-order chi connectivity index (χ0) is 22.9. The van der Waals surface area contributed by atoms with E-state index in [2.05, 4.69) is 4.98 Å². The Labute approximate surface area is 184 Å². The van der Waals surface area contributed by atoms with Crippen LogP contribution in [0, 0.1) is 0 Å². The van der Waals surface area contributed by atoms with Crippen LogP contribution in [0.15, 0.2) is 42.6 Å². The van der Waals surface area contributed by atoms with Crippen LogP contribution in [-0.4, -0.2) is 42.7 Å². The highest BCUT2D eigenvalue weighted by Crippen LogP contribution is 2.41. The number of nitrogens with zero attached hydrogens (tertiary/aromatic N) is 1. The molecule has 2 aromatic carbocycles. The predicted octanol–water partition coefficient (Wildman–Crippen LogP) is 5.20. The molecule has 0 saturated carbocycles. The molecule has 1 aliphatic heterocycles. The number of ether oxygens (including phenoxy) is 2. The summed E-state index contributed by atoms with van der Waals surface area (Å²) < 4.78 is 51.2. The number of nitrogens with one attached hydrogen (secondary N) is 1. The maximum Gasteiger partial charge on any atom is 0.471 e. The van der Waals surface area contributed by atoms with Gasteiger partial charge in [-0.2, -0.15) is 13.2 Å². The molecule has 5 nitrogen and oxygen atoms in total. The van der Waals surface area contributed by atoms with Crippen LogP contribution in [0.3, 0.4) is 0 Å². The highest BCUT2D eigenvalue weighted by Gasteiger charge is 2.45. The third-order valence-corrected chi connectivity index (χ3v) is 6.09. The number of hydrogen-bond donors (Lipinski definition) is 1. The summed E-state index contributed by atoms with van der Waals surface area (Å²) in [5, 5.41) is 1.03. The first-order valence-corrected chi connectivity index (χ1v) is 10.5. The van der Waals surface area contributed by atoms with Gasteiger partial charge in [0.2, 0.25) is 0 Å². The summed E-state index contributed by atoms with van der Waals surface area (Å²) in [5.41, 5.74) is 3.53. The number of para-hydroxylation sites is 1. The molecule has 0 aliphatic carbocycles. The monoisotopic (exact) mass is 446 g/mol. The molecular formula is C24H25F3N2O3. The van der Waals surface area contributed by atoms with E-state index in [4.69, 9.17) is 9.47 Å². The third-order valence-electron chi connectivity index (χ3n) is 6.09. The molecule has 32 heavy (non-hydrogen) atoms. The molecule has 4 rings (SSSR count). The Morgan fingerprint density at radius 3 is 2.59 bits per heavy atom. The van der Waals surface area contributed by atoms with Crippen LogP contribution in [0.5, 0.6) is 11.5 Å². The van der Waals surface area contributed by atoms with Gasteiger partial charge in [-0.05, 0) is 60.6 Å². The van der Waals surface area contributed by atoms with E-state index < -0.39 is 18.1 Å². The van der Waals surface area contributed by atoms with Crippen molar-refractivity contribution in [3.63, 3.8) is 0 Å². The zero-order valence-electron chi connectivity index (χ0n) is 18.0. The quantitative estimate of drug-likeness (QED) is 0.587. The number of aromatic nitrogens is 1. The van der Waals surface area contributed by atoms with E-state index in [1.165, 1.54) is 14.2 Å². The van der Waals surface area contributed by atoms with Crippen molar-refractivity contribution in [2.75, 3.05) is 20.8 Å². The number of H-pyrrole nitrogens is 1. The summed E-state index contributed by atoms with van der Waals surface area (Å²) in [4.78, 5) is 16.6. The first-order valence-electron chi connectivity index (χ1n) is 10.5. The van der Waals surface area contributed by atoms with Crippen LogP contribution < -0.4 is 9.47 Å². The van der Waals surface area contributed by atoms with Gasteiger partial charge in [0.15, 0.2) is 11.5 Å². The minimum atomic E-state index is -4.93. The molecule has 1 aromatic heterocycles. The predicted molar refractivity (Wildman–Crippen MR) is 115 cm³/mol. The normalized spacial score (nSPS) is 16.5. The van der Waals surface area contributed by atoms with Gasteiger partial charge in [0.25, 0.3) is 0 Å². The summed E-state index contributed by atoms with van der Waals surface area (Å²) in [5.74, 6) is -0.842. The summed E-state index contributed by atoms with van der Waals surface area (Å²) in [6.45, 7) is 0.0379. The fraction of sp³-hybridized carbons (Fsp3) is 0.375. The smallest absolute Gasteiger partial charge is 0.471 e. The maximum atomic E-state index is 13.5. The first kappa shape index (κ1) is 22.0. The fourth-order valence-electron chi connectivity index (χ4n) is 4.58. The van der Waals surface area contributed by atoms with Crippen molar-refractivity contribution in [3.8, 4) is 11.5 Å². The molecule has 0 saturated heterocycles. The highest BCUT2D eigenvalue weighted by atomic mass is 19.4. The lowest BCUT2D eigenvalue weighted by atomic mass is 9.93. The van der Waals surface area contributed by atoms with Gasteiger partial charge in [-0.1, -0.05) is 18.2 Å². The van der Waals surface area contributed by atoms with Gasteiger partial charge in [-0.3, -0.25) is 4.79 Å². The lowest BCUT2D eigenvalue weighted by molar-refractivity contribution is -0.188. The molecule has 0 spiro atoms. The number of benzene rings is 2. The van der Waals surface area contributed by atoms with Gasteiger partial charge in [0, 0.05) is 23.6 Å². The minimum absolute atomic E-state index is 0.0379. The van der Waals surface area contributed by atoms with Gasteiger partial charge in [-0.25, -0.2) is 0 Å². The van der Waals surface area contributed by atoms with Crippen LogP contribution in [0.25, 0.3) is 10.9 Å². The van der Waals surface area contributed by atoms with Crippen molar-refractivity contribution in [3.05, 3.63) is 59.3 Å². The maximum absolute atomic E-state index is 13.5. The summed E-state index contributed by atoms with van der Waals surface area (Å²) in [6.07, 6.45) is -1.18. The second-order valence-corrected chi connectivity index (χ2v) is 7.92. The van der Waals surface area contributed by atoms with E-state index in [-0.39, 0.29) is 6.54 Å². The van der Waals surface area contributed by atoms with Crippen molar-refractivity contribution in [2.45, 2.75) is 37.9 Å². The fourth-order valence-corrected chi connectivity index (χ4v) is 4.58. The van der Waals surface area contributed by atoms with E-state index >= 15 is 0 Å². The topological polar surface area (TPSA) is 54.6 Å². The van der Waals surface area contributed by atoms with Crippen molar-refractivity contribution >= 4 is 16.8 Å². The number of alkyl halides is 3. The molecule has 8 heteroatoms. The molecule has 3 aromatic rings. The molecule has 1 unspecified atom stereocenters. The number of amides is 1. The molecular weight excluding hydrogens is 421 g/mol. The number of carbonyl (C=O) groups is 1. The van der Waals surface area contributed by atoms with E-state index in [1.807, 2.05) is 36.5 Å². The van der Waals surface area contributed by atoms with Gasteiger partial charge in [0.1, 0.15) is 0 Å². The summed E-state index contributed by atoms with van der Waals surface area (Å²) >= 11 is 0. The second-order valence-electron chi connectivity index (χ2n) is 7.92. The number of hydrogen-bond acceptors (Lipinski definition) is 3. The van der Waals surface area contributed by atoms with Gasteiger partial charge in [-0.15, -0.1) is 0 Å². The Hall–Kier alpha value is -3.16. The lowest BCUT2D eigenvalue weighted by Crippen LogP contribution is -2.43. The molecule has 0 radical (unpaired) electrons. The van der Waals surface area contributed by atoms with Gasteiger partial charge >= 0.3 is 12.1 Å². The molecule has 1 N–H and O–H groups in total. The van der Waals surface area contributed by atoms with E-state index in [0.29, 0.717) is 42.7 Å². The third kappa shape index (κ3) is 4.13. The number of halogens is 3. The first-order chi connectivity index (χ1) is 15.3. The lowest BCUT2D eigenvalue weighted by Gasteiger charge is -2.32. The van der Waals surface area contributed by atoms with Crippen LogP contribution in [-0.2, 0) is 17.6 Å². The summed E-state index contributed by atoms with van der Waals surface area (Å²) in [7, 11) is 3.01. The number of aryl methyl sites for hydroxylation is 2. The van der Waals surface area contributed by atoms with Crippen LogP contribution >= 0.6 is 0 Å². The average molecular weight is 446 g/mol. The van der Waals surface area contributed by atoms with Crippen molar-refractivity contribution < 1.29 is 27.4 Å². The van der Waals surface area contributed by atoms with Gasteiger partial charge in [0.05, 0.1) is 20.3 Å².